The molecule has 2 N–H and O–H groups in total. The van der Waals surface area contributed by atoms with Gasteiger partial charge in [0.2, 0.25) is 0 Å². The summed E-state index contributed by atoms with van der Waals surface area (Å²) in [5.41, 5.74) is 0. The SMILES string of the molecule is CC(C)CC(C)OCC(O)CNCC1CCN(C2CC2)C1. The normalized spacial score (nSPS) is 26.4. The molecular weight excluding hydrogens is 264 g/mol. The summed E-state index contributed by atoms with van der Waals surface area (Å²) in [6.45, 7) is 11.1. The first-order chi connectivity index (χ1) is 10.0. The zero-order chi connectivity index (χ0) is 15.2. The summed E-state index contributed by atoms with van der Waals surface area (Å²) < 4.78 is 5.70. The lowest BCUT2D eigenvalue weighted by Gasteiger charge is -2.19. The molecule has 2 aliphatic rings. The Morgan fingerprint density at radius 3 is 2.67 bits per heavy atom. The van der Waals surface area contributed by atoms with Gasteiger partial charge in [0.15, 0.2) is 0 Å². The first kappa shape index (κ1) is 17.2. The summed E-state index contributed by atoms with van der Waals surface area (Å²) >= 11 is 0. The van der Waals surface area contributed by atoms with Crippen LogP contribution in [-0.2, 0) is 4.74 Å². The highest BCUT2D eigenvalue weighted by Gasteiger charge is 2.34. The second-order valence-electron chi connectivity index (χ2n) is 7.47. The van der Waals surface area contributed by atoms with E-state index in [0.717, 1.165) is 24.9 Å². The fourth-order valence-corrected chi connectivity index (χ4v) is 3.32. The van der Waals surface area contributed by atoms with Gasteiger partial charge in [-0.2, -0.15) is 0 Å². The van der Waals surface area contributed by atoms with Gasteiger partial charge in [0.05, 0.1) is 18.8 Å². The quantitative estimate of drug-likeness (QED) is 0.646. The van der Waals surface area contributed by atoms with E-state index in [1.807, 2.05) is 0 Å². The lowest BCUT2D eigenvalue weighted by atomic mass is 10.1. The third kappa shape index (κ3) is 6.64. The maximum absolute atomic E-state index is 9.96. The van der Waals surface area contributed by atoms with E-state index in [2.05, 4.69) is 31.0 Å². The fraction of sp³-hybridized carbons (Fsp3) is 1.00. The molecule has 1 aliphatic carbocycles. The van der Waals surface area contributed by atoms with E-state index in [1.165, 1.54) is 32.4 Å². The summed E-state index contributed by atoms with van der Waals surface area (Å²) in [6.07, 6.45) is 5.03. The van der Waals surface area contributed by atoms with Crippen molar-refractivity contribution in [3.63, 3.8) is 0 Å². The molecular formula is C17H34N2O2. The Bertz CT molecular complexity index is 295. The van der Waals surface area contributed by atoms with Crippen molar-refractivity contribution in [3.05, 3.63) is 0 Å². The minimum atomic E-state index is -0.388. The van der Waals surface area contributed by atoms with Crippen molar-refractivity contribution < 1.29 is 9.84 Å². The minimum absolute atomic E-state index is 0.238. The van der Waals surface area contributed by atoms with Crippen molar-refractivity contribution in [1.29, 1.82) is 0 Å². The van der Waals surface area contributed by atoms with E-state index in [-0.39, 0.29) is 12.2 Å². The molecule has 124 valence electrons. The summed E-state index contributed by atoms with van der Waals surface area (Å²) in [6, 6.07) is 0.899. The number of ether oxygens (including phenoxy) is 1. The van der Waals surface area contributed by atoms with Crippen LogP contribution in [0.4, 0.5) is 0 Å². The van der Waals surface area contributed by atoms with Gasteiger partial charge < -0.3 is 20.1 Å². The van der Waals surface area contributed by atoms with Crippen molar-refractivity contribution in [2.75, 3.05) is 32.8 Å². The summed E-state index contributed by atoms with van der Waals surface area (Å²) in [5.74, 6) is 1.41. The van der Waals surface area contributed by atoms with E-state index >= 15 is 0 Å². The summed E-state index contributed by atoms with van der Waals surface area (Å²) in [5, 5.41) is 13.4. The number of hydrogen-bond donors (Lipinski definition) is 2. The van der Waals surface area contributed by atoms with Crippen LogP contribution in [0.2, 0.25) is 0 Å². The van der Waals surface area contributed by atoms with E-state index in [0.29, 0.717) is 19.1 Å². The number of hydrogen-bond acceptors (Lipinski definition) is 4. The van der Waals surface area contributed by atoms with Gasteiger partial charge in [0.1, 0.15) is 0 Å². The average Bonchev–Trinajstić information content (AvgIpc) is 3.16. The Kier molecular flexibility index (Phi) is 6.93. The Hall–Kier alpha value is -0.160. The highest BCUT2D eigenvalue weighted by Crippen LogP contribution is 2.31. The molecule has 0 amide bonds. The van der Waals surface area contributed by atoms with Crippen LogP contribution in [0, 0.1) is 11.8 Å². The van der Waals surface area contributed by atoms with Crippen LogP contribution in [0.5, 0.6) is 0 Å². The van der Waals surface area contributed by atoms with Crippen LogP contribution in [0.1, 0.15) is 46.5 Å². The molecule has 0 radical (unpaired) electrons. The monoisotopic (exact) mass is 298 g/mol. The number of nitrogens with one attached hydrogen (secondary N) is 1. The maximum Gasteiger partial charge on any atom is 0.0897 e. The molecule has 0 aromatic rings. The van der Waals surface area contributed by atoms with Gasteiger partial charge >= 0.3 is 0 Å². The van der Waals surface area contributed by atoms with E-state index in [4.69, 9.17) is 4.74 Å². The van der Waals surface area contributed by atoms with Crippen molar-refractivity contribution >= 4 is 0 Å². The highest BCUT2D eigenvalue weighted by atomic mass is 16.5. The molecule has 2 rings (SSSR count). The summed E-state index contributed by atoms with van der Waals surface area (Å²) in [7, 11) is 0. The number of likely N-dealkylation sites (tertiary alicyclic amines) is 1. The molecule has 21 heavy (non-hydrogen) atoms. The zero-order valence-electron chi connectivity index (χ0n) is 14.1. The van der Waals surface area contributed by atoms with Crippen LogP contribution in [0.3, 0.4) is 0 Å². The maximum atomic E-state index is 9.96. The molecule has 0 spiro atoms. The van der Waals surface area contributed by atoms with E-state index in [9.17, 15) is 5.11 Å². The lowest BCUT2D eigenvalue weighted by Crippen LogP contribution is -2.35. The lowest BCUT2D eigenvalue weighted by molar-refractivity contribution is -0.00866. The molecule has 0 aromatic carbocycles. The molecule has 1 heterocycles. The average molecular weight is 298 g/mol. The molecule has 1 saturated heterocycles. The van der Waals surface area contributed by atoms with E-state index in [1.54, 1.807) is 0 Å². The predicted molar refractivity (Wildman–Crippen MR) is 86.4 cm³/mol. The van der Waals surface area contributed by atoms with Crippen LogP contribution < -0.4 is 5.32 Å². The molecule has 3 atom stereocenters. The first-order valence-electron chi connectivity index (χ1n) is 8.79. The van der Waals surface area contributed by atoms with Crippen LogP contribution in [-0.4, -0.2) is 61.0 Å². The van der Waals surface area contributed by atoms with Gasteiger partial charge in [-0.1, -0.05) is 13.8 Å². The van der Waals surface area contributed by atoms with Gasteiger partial charge in [-0.25, -0.2) is 0 Å². The molecule has 4 heteroatoms. The molecule has 1 saturated carbocycles. The Morgan fingerprint density at radius 2 is 2.00 bits per heavy atom. The van der Waals surface area contributed by atoms with Crippen molar-refractivity contribution in [2.45, 2.75) is 64.7 Å². The third-order valence-electron chi connectivity index (χ3n) is 4.57. The number of aliphatic hydroxyl groups excluding tert-OH is 1. The number of aliphatic hydroxyl groups is 1. The largest absolute Gasteiger partial charge is 0.389 e. The second kappa shape index (κ2) is 8.47. The van der Waals surface area contributed by atoms with Gasteiger partial charge in [-0.15, -0.1) is 0 Å². The molecule has 1 aliphatic heterocycles. The van der Waals surface area contributed by atoms with Crippen molar-refractivity contribution in [1.82, 2.24) is 10.2 Å². The first-order valence-corrected chi connectivity index (χ1v) is 8.79. The van der Waals surface area contributed by atoms with Crippen LogP contribution in [0.25, 0.3) is 0 Å². The van der Waals surface area contributed by atoms with Crippen LogP contribution >= 0.6 is 0 Å². The third-order valence-corrected chi connectivity index (χ3v) is 4.57. The van der Waals surface area contributed by atoms with Crippen molar-refractivity contribution in [3.8, 4) is 0 Å². The molecule has 2 fully saturated rings. The van der Waals surface area contributed by atoms with Gasteiger partial charge in [0, 0.05) is 19.1 Å². The highest BCUT2D eigenvalue weighted by molar-refractivity contribution is 4.89. The van der Waals surface area contributed by atoms with Gasteiger partial charge in [0.25, 0.3) is 0 Å². The Balaban J connectivity index is 1.48. The van der Waals surface area contributed by atoms with Crippen molar-refractivity contribution in [2.24, 2.45) is 11.8 Å². The Labute approximate surface area is 130 Å². The number of nitrogens with zero attached hydrogens (tertiary/aromatic N) is 1. The standard InChI is InChI=1S/C17H34N2O2/c1-13(2)8-14(3)21-12-17(20)10-18-9-15-6-7-19(11-15)16-4-5-16/h13-18,20H,4-12H2,1-3H3. The summed E-state index contributed by atoms with van der Waals surface area (Å²) in [4.78, 5) is 2.64. The smallest absolute Gasteiger partial charge is 0.0897 e. The molecule has 4 nitrogen and oxygen atoms in total. The zero-order valence-corrected chi connectivity index (χ0v) is 14.1. The second-order valence-corrected chi connectivity index (χ2v) is 7.47. The molecule has 0 aromatic heterocycles. The van der Waals surface area contributed by atoms with Gasteiger partial charge in [-0.05, 0) is 57.5 Å². The minimum Gasteiger partial charge on any atom is -0.389 e. The predicted octanol–water partition coefficient (Wildman–Crippen LogP) is 1.87. The molecule has 0 bridgehead atoms. The fourth-order valence-electron chi connectivity index (χ4n) is 3.32. The number of rotatable bonds is 10. The van der Waals surface area contributed by atoms with E-state index < -0.39 is 0 Å². The van der Waals surface area contributed by atoms with Gasteiger partial charge in [-0.3, -0.25) is 0 Å². The van der Waals surface area contributed by atoms with Crippen LogP contribution in [0.15, 0.2) is 0 Å². The topological polar surface area (TPSA) is 44.7 Å². The molecule has 3 unspecified atom stereocenters. The Morgan fingerprint density at radius 1 is 1.24 bits per heavy atom.